The van der Waals surface area contributed by atoms with E-state index in [0.717, 1.165) is 45.1 Å². The minimum absolute atomic E-state index is 0.165. The number of carbonyl (C=O) groups excluding carboxylic acids is 1. The third kappa shape index (κ3) is 4.09. The molecule has 4 heteroatoms. The van der Waals surface area contributed by atoms with E-state index in [-0.39, 0.29) is 18.1 Å². The lowest BCUT2D eigenvalue weighted by Gasteiger charge is -2.62. The van der Waals surface area contributed by atoms with Crippen molar-refractivity contribution in [2.24, 2.45) is 46.3 Å². The molecule has 0 radical (unpaired) electrons. The van der Waals surface area contributed by atoms with E-state index in [4.69, 9.17) is 0 Å². The van der Waals surface area contributed by atoms with E-state index >= 15 is 0 Å². The van der Waals surface area contributed by atoms with Crippen molar-refractivity contribution in [3.05, 3.63) is 0 Å². The van der Waals surface area contributed by atoms with Crippen molar-refractivity contribution >= 4 is 5.91 Å². The fourth-order valence-corrected chi connectivity index (χ4v) is 9.09. The number of aliphatic hydroxyl groups is 2. The highest BCUT2D eigenvalue weighted by molar-refractivity contribution is 5.75. The minimum Gasteiger partial charge on any atom is -0.393 e. The predicted octanol–water partition coefficient (Wildman–Crippen LogP) is 4.92. The van der Waals surface area contributed by atoms with Gasteiger partial charge in [0.05, 0.1) is 12.2 Å². The van der Waals surface area contributed by atoms with Crippen LogP contribution in [-0.2, 0) is 4.79 Å². The maximum Gasteiger partial charge on any atom is 0.220 e. The largest absolute Gasteiger partial charge is 0.393 e. The van der Waals surface area contributed by atoms with Crippen molar-refractivity contribution in [1.82, 2.24) is 5.32 Å². The fraction of sp³-hybridized carbons (Fsp3) is 0.963. The van der Waals surface area contributed by atoms with Crippen LogP contribution in [-0.4, -0.2) is 34.9 Å². The van der Waals surface area contributed by atoms with Crippen molar-refractivity contribution in [1.29, 1.82) is 0 Å². The normalized spacial score (nSPS) is 47.7. The highest BCUT2D eigenvalue weighted by atomic mass is 16.3. The highest BCUT2D eigenvalue weighted by Gasteiger charge is 2.62. The third-order valence-electron chi connectivity index (χ3n) is 10.8. The Morgan fingerprint density at radius 1 is 1.03 bits per heavy atom. The molecule has 3 N–H and O–H groups in total. The van der Waals surface area contributed by atoms with Crippen LogP contribution >= 0.6 is 0 Å². The molecule has 10 atom stereocenters. The predicted molar refractivity (Wildman–Crippen MR) is 124 cm³/mol. The van der Waals surface area contributed by atoms with Crippen LogP contribution in [0.4, 0.5) is 0 Å². The van der Waals surface area contributed by atoms with Crippen LogP contribution in [0.2, 0.25) is 0 Å². The van der Waals surface area contributed by atoms with Gasteiger partial charge in [0, 0.05) is 13.0 Å². The molecular formula is C27H47NO3. The molecule has 178 valence electrons. The molecule has 0 aromatic heterocycles. The Hall–Kier alpha value is -0.610. The van der Waals surface area contributed by atoms with Crippen molar-refractivity contribution in [2.45, 2.75) is 111 Å². The zero-order valence-corrected chi connectivity index (χ0v) is 20.4. The van der Waals surface area contributed by atoms with E-state index in [1.165, 1.54) is 25.7 Å². The van der Waals surface area contributed by atoms with Gasteiger partial charge in [-0.25, -0.2) is 0 Å². The van der Waals surface area contributed by atoms with Crippen LogP contribution in [0.5, 0.6) is 0 Å². The van der Waals surface area contributed by atoms with Crippen molar-refractivity contribution in [2.75, 3.05) is 6.54 Å². The van der Waals surface area contributed by atoms with Gasteiger partial charge in [0.2, 0.25) is 5.91 Å². The molecule has 4 nitrogen and oxygen atoms in total. The van der Waals surface area contributed by atoms with Gasteiger partial charge in [-0.15, -0.1) is 0 Å². The summed E-state index contributed by atoms with van der Waals surface area (Å²) in [6.07, 6.45) is 11.1. The highest BCUT2D eigenvalue weighted by Crippen LogP contribution is 2.68. The fourth-order valence-electron chi connectivity index (χ4n) is 9.09. The van der Waals surface area contributed by atoms with Gasteiger partial charge in [-0.1, -0.05) is 27.7 Å². The van der Waals surface area contributed by atoms with E-state index in [9.17, 15) is 15.0 Å². The van der Waals surface area contributed by atoms with Gasteiger partial charge in [-0.3, -0.25) is 4.79 Å². The van der Waals surface area contributed by atoms with E-state index in [1.54, 1.807) is 0 Å². The molecule has 1 amide bonds. The number of nitrogens with one attached hydrogen (secondary N) is 1. The van der Waals surface area contributed by atoms with Crippen LogP contribution < -0.4 is 5.32 Å². The van der Waals surface area contributed by atoms with Crippen LogP contribution in [0.25, 0.3) is 0 Å². The van der Waals surface area contributed by atoms with Crippen LogP contribution in [0, 0.1) is 46.3 Å². The van der Waals surface area contributed by atoms with E-state index < -0.39 is 0 Å². The summed E-state index contributed by atoms with van der Waals surface area (Å²) < 4.78 is 0. The van der Waals surface area contributed by atoms with Crippen molar-refractivity contribution in [3.63, 3.8) is 0 Å². The molecule has 4 fully saturated rings. The van der Waals surface area contributed by atoms with Crippen molar-refractivity contribution < 1.29 is 15.0 Å². The summed E-state index contributed by atoms with van der Waals surface area (Å²) in [5.74, 6) is 3.58. The number of carbonyl (C=O) groups is 1. The van der Waals surface area contributed by atoms with E-state index in [0.29, 0.717) is 52.8 Å². The number of hydrogen-bond acceptors (Lipinski definition) is 3. The standard InChI is InChI=1S/C27H47NO3/c1-5-14-28-24(31)9-6-17(2)20-7-8-21-25-22(11-13-27(20,21)4)26(3)12-10-19(29)15-18(26)16-23(25)30/h17-23,25,29-30H,5-16H2,1-4H3,(H,28,31)/t17-,18+,19-,20-,21?,22?,23?,25?,26+,27-/m1/s1. The first kappa shape index (κ1) is 23.5. The van der Waals surface area contributed by atoms with Gasteiger partial charge in [-0.2, -0.15) is 0 Å². The van der Waals surface area contributed by atoms with Gasteiger partial charge in [0.1, 0.15) is 0 Å². The molecule has 4 saturated carbocycles. The topological polar surface area (TPSA) is 69.6 Å². The Kier molecular flexibility index (Phi) is 6.81. The Morgan fingerprint density at radius 2 is 1.74 bits per heavy atom. The second kappa shape index (κ2) is 8.97. The van der Waals surface area contributed by atoms with Crippen LogP contribution in [0.15, 0.2) is 0 Å². The number of hydrogen-bond donors (Lipinski definition) is 3. The van der Waals surface area contributed by atoms with Gasteiger partial charge in [-0.05, 0) is 111 Å². The Balaban J connectivity index is 1.46. The van der Waals surface area contributed by atoms with Crippen LogP contribution in [0.1, 0.15) is 98.3 Å². The second-order valence-electron chi connectivity index (χ2n) is 12.3. The smallest absolute Gasteiger partial charge is 0.220 e. The summed E-state index contributed by atoms with van der Waals surface area (Å²) in [7, 11) is 0. The summed E-state index contributed by atoms with van der Waals surface area (Å²) in [6.45, 7) is 10.3. The number of rotatable bonds is 6. The molecule has 31 heavy (non-hydrogen) atoms. The lowest BCUT2D eigenvalue weighted by atomic mass is 9.43. The number of amides is 1. The third-order valence-corrected chi connectivity index (χ3v) is 10.8. The zero-order valence-electron chi connectivity index (χ0n) is 20.4. The molecule has 4 aliphatic rings. The Morgan fingerprint density at radius 3 is 2.48 bits per heavy atom. The number of fused-ring (bicyclic) bond motifs is 5. The minimum atomic E-state index is -0.202. The first-order valence-corrected chi connectivity index (χ1v) is 13.3. The molecular weight excluding hydrogens is 386 g/mol. The van der Waals surface area contributed by atoms with Crippen molar-refractivity contribution in [3.8, 4) is 0 Å². The molecule has 0 aromatic rings. The summed E-state index contributed by atoms with van der Waals surface area (Å²) in [5.41, 5.74) is 0.602. The molecule has 4 rings (SSSR count). The zero-order chi connectivity index (χ0) is 22.4. The molecule has 0 heterocycles. The van der Waals surface area contributed by atoms with Gasteiger partial charge in [0.25, 0.3) is 0 Å². The lowest BCUT2D eigenvalue weighted by molar-refractivity contribution is -0.174. The quantitative estimate of drug-likeness (QED) is 0.557. The molecule has 0 aromatic carbocycles. The maximum absolute atomic E-state index is 12.1. The molecule has 0 aliphatic heterocycles. The summed E-state index contributed by atoms with van der Waals surface area (Å²) in [4.78, 5) is 12.1. The number of aliphatic hydroxyl groups excluding tert-OH is 2. The monoisotopic (exact) mass is 433 g/mol. The van der Waals surface area contributed by atoms with E-state index in [1.807, 2.05) is 0 Å². The Bertz CT molecular complexity index is 652. The Labute approximate surface area is 190 Å². The lowest BCUT2D eigenvalue weighted by Crippen LogP contribution is -2.58. The average Bonchev–Trinajstić information content (AvgIpc) is 3.09. The second-order valence-corrected chi connectivity index (χ2v) is 12.3. The van der Waals surface area contributed by atoms with Gasteiger partial charge >= 0.3 is 0 Å². The van der Waals surface area contributed by atoms with Gasteiger partial charge < -0.3 is 15.5 Å². The molecule has 0 spiro atoms. The summed E-state index contributed by atoms with van der Waals surface area (Å²) >= 11 is 0. The summed E-state index contributed by atoms with van der Waals surface area (Å²) in [6, 6.07) is 0. The molecule has 4 unspecified atom stereocenters. The molecule has 4 aliphatic carbocycles. The molecule has 0 bridgehead atoms. The first-order valence-electron chi connectivity index (χ1n) is 13.3. The van der Waals surface area contributed by atoms with Crippen LogP contribution in [0.3, 0.4) is 0 Å². The molecule has 0 saturated heterocycles. The SMILES string of the molecule is CCCNC(=O)CC[C@@H](C)[C@H]1CCC2C3C(O)C[C@@H]4C[C@H](O)CC[C@]4(C)C3CC[C@@]21C. The summed E-state index contributed by atoms with van der Waals surface area (Å²) in [5, 5.41) is 24.6. The average molecular weight is 434 g/mol. The first-order chi connectivity index (χ1) is 14.7. The maximum atomic E-state index is 12.1. The van der Waals surface area contributed by atoms with Gasteiger partial charge in [0.15, 0.2) is 0 Å². The van der Waals surface area contributed by atoms with E-state index in [2.05, 4.69) is 33.0 Å².